The van der Waals surface area contributed by atoms with Crippen molar-refractivity contribution in [3.63, 3.8) is 0 Å². The molecule has 0 bridgehead atoms. The molecule has 2 heteroatoms. The lowest BCUT2D eigenvalue weighted by atomic mass is 9.92. The van der Waals surface area contributed by atoms with Gasteiger partial charge in [-0.2, -0.15) is 0 Å². The van der Waals surface area contributed by atoms with E-state index in [0.717, 1.165) is 12.0 Å². The molecular weight excluding hydrogens is 226 g/mol. The molecule has 1 aromatic heterocycles. The summed E-state index contributed by atoms with van der Waals surface area (Å²) >= 11 is 1.95. The number of nitrogens with one attached hydrogen (secondary N) is 1. The van der Waals surface area contributed by atoms with Gasteiger partial charge in [0.1, 0.15) is 0 Å². The van der Waals surface area contributed by atoms with Crippen molar-refractivity contribution < 1.29 is 0 Å². The number of rotatable bonds is 5. The van der Waals surface area contributed by atoms with Crippen LogP contribution in [0.5, 0.6) is 0 Å². The van der Waals surface area contributed by atoms with E-state index in [-0.39, 0.29) is 0 Å². The van der Waals surface area contributed by atoms with E-state index < -0.39 is 0 Å². The number of thiophene rings is 1. The normalized spacial score (nSPS) is 25.6. The van der Waals surface area contributed by atoms with Gasteiger partial charge in [0, 0.05) is 17.0 Å². The Labute approximate surface area is 109 Å². The summed E-state index contributed by atoms with van der Waals surface area (Å²) in [6, 6.07) is 3.80. The average molecular weight is 249 g/mol. The van der Waals surface area contributed by atoms with Crippen molar-refractivity contribution in [1.82, 2.24) is 5.32 Å². The van der Waals surface area contributed by atoms with Crippen molar-refractivity contribution in [1.29, 1.82) is 0 Å². The van der Waals surface area contributed by atoms with Crippen LogP contribution in [0.4, 0.5) is 0 Å². The Morgan fingerprint density at radius 2 is 2.29 bits per heavy atom. The smallest absolute Gasteiger partial charge is 0.0333 e. The molecule has 2 atom stereocenters. The molecule has 2 aliphatic rings. The molecule has 0 aliphatic heterocycles. The van der Waals surface area contributed by atoms with Gasteiger partial charge in [0.2, 0.25) is 0 Å². The fraction of sp³-hybridized carbons (Fsp3) is 0.733. The van der Waals surface area contributed by atoms with Gasteiger partial charge in [-0.15, -0.1) is 11.3 Å². The van der Waals surface area contributed by atoms with Crippen LogP contribution in [0, 0.1) is 5.92 Å². The lowest BCUT2D eigenvalue weighted by molar-refractivity contribution is 0.352. The number of hydrogen-bond acceptors (Lipinski definition) is 2. The summed E-state index contributed by atoms with van der Waals surface area (Å²) in [5.41, 5.74) is 1.61. The minimum Gasteiger partial charge on any atom is -0.307 e. The van der Waals surface area contributed by atoms with Crippen molar-refractivity contribution in [2.75, 3.05) is 0 Å². The maximum absolute atomic E-state index is 3.97. The largest absolute Gasteiger partial charge is 0.307 e. The van der Waals surface area contributed by atoms with Crippen molar-refractivity contribution >= 4 is 11.3 Å². The first-order chi connectivity index (χ1) is 8.38. The van der Waals surface area contributed by atoms with E-state index in [1.165, 1.54) is 44.9 Å². The maximum atomic E-state index is 3.97. The Hall–Kier alpha value is -0.340. The third-order valence-electron chi connectivity index (χ3n) is 4.26. The summed E-state index contributed by atoms with van der Waals surface area (Å²) in [5.74, 6) is 0.985. The van der Waals surface area contributed by atoms with E-state index in [4.69, 9.17) is 0 Å². The molecule has 1 nitrogen and oxygen atoms in total. The highest BCUT2D eigenvalue weighted by molar-refractivity contribution is 7.10. The van der Waals surface area contributed by atoms with Gasteiger partial charge in [-0.1, -0.05) is 13.3 Å². The van der Waals surface area contributed by atoms with Crippen LogP contribution in [-0.2, 0) is 6.42 Å². The molecular formula is C15H23NS. The van der Waals surface area contributed by atoms with Crippen LogP contribution < -0.4 is 5.32 Å². The summed E-state index contributed by atoms with van der Waals surface area (Å²) in [6.07, 6.45) is 9.62. The average Bonchev–Trinajstić information content (AvgIpc) is 3.07. The predicted octanol–water partition coefficient (Wildman–Crippen LogP) is 4.29. The number of aryl methyl sites for hydroxylation is 1. The van der Waals surface area contributed by atoms with Crippen LogP contribution in [0.15, 0.2) is 11.4 Å². The second kappa shape index (κ2) is 5.11. The molecule has 2 aliphatic carbocycles. The zero-order valence-electron chi connectivity index (χ0n) is 10.7. The first kappa shape index (κ1) is 11.7. The monoisotopic (exact) mass is 249 g/mol. The highest BCUT2D eigenvalue weighted by Gasteiger charge is 2.33. The van der Waals surface area contributed by atoms with Crippen LogP contribution in [0.3, 0.4) is 0 Å². The first-order valence-corrected chi connectivity index (χ1v) is 8.08. The van der Waals surface area contributed by atoms with Gasteiger partial charge in [0.15, 0.2) is 0 Å². The van der Waals surface area contributed by atoms with Gasteiger partial charge < -0.3 is 5.32 Å². The molecule has 0 amide bonds. The van der Waals surface area contributed by atoms with E-state index in [1.807, 2.05) is 11.3 Å². The molecule has 0 saturated heterocycles. The Balaban J connectivity index is 1.68. The van der Waals surface area contributed by atoms with Crippen molar-refractivity contribution in [3.05, 3.63) is 21.9 Å². The van der Waals surface area contributed by atoms with Gasteiger partial charge in [-0.25, -0.2) is 0 Å². The van der Waals surface area contributed by atoms with E-state index >= 15 is 0 Å². The van der Waals surface area contributed by atoms with Gasteiger partial charge in [0.25, 0.3) is 0 Å². The fourth-order valence-electron chi connectivity index (χ4n) is 3.18. The van der Waals surface area contributed by atoms with E-state index in [2.05, 4.69) is 23.7 Å². The molecule has 17 heavy (non-hydrogen) atoms. The Morgan fingerprint density at radius 1 is 1.41 bits per heavy atom. The third-order valence-corrected chi connectivity index (χ3v) is 5.25. The van der Waals surface area contributed by atoms with E-state index in [9.17, 15) is 0 Å². The zero-order valence-corrected chi connectivity index (χ0v) is 11.6. The standard InChI is InChI=1S/C15H23NS/c1-2-4-13(11-7-8-11)16-14-5-3-6-15-12(14)9-10-17-15/h9-11,13-14,16H,2-8H2,1H3. The SMILES string of the molecule is CCCC(NC1CCCc2sccc21)C1CC1. The fourth-order valence-corrected chi connectivity index (χ4v) is 4.17. The van der Waals surface area contributed by atoms with Crippen LogP contribution >= 0.6 is 11.3 Å². The number of hydrogen-bond donors (Lipinski definition) is 1. The Kier molecular flexibility index (Phi) is 3.53. The summed E-state index contributed by atoms with van der Waals surface area (Å²) < 4.78 is 0. The lowest BCUT2D eigenvalue weighted by Crippen LogP contribution is -2.35. The molecule has 1 fully saturated rings. The van der Waals surface area contributed by atoms with Crippen LogP contribution in [0.2, 0.25) is 0 Å². The van der Waals surface area contributed by atoms with E-state index in [1.54, 1.807) is 10.4 Å². The lowest BCUT2D eigenvalue weighted by Gasteiger charge is -2.29. The molecule has 1 saturated carbocycles. The van der Waals surface area contributed by atoms with Crippen molar-refractivity contribution in [2.45, 2.75) is 64.0 Å². The van der Waals surface area contributed by atoms with Crippen LogP contribution in [-0.4, -0.2) is 6.04 Å². The van der Waals surface area contributed by atoms with Gasteiger partial charge >= 0.3 is 0 Å². The molecule has 0 spiro atoms. The van der Waals surface area contributed by atoms with Crippen molar-refractivity contribution in [3.8, 4) is 0 Å². The maximum Gasteiger partial charge on any atom is 0.0333 e. The third kappa shape index (κ3) is 2.58. The second-order valence-corrected chi connectivity index (χ2v) is 6.64. The molecule has 1 N–H and O–H groups in total. The minimum atomic E-state index is 0.655. The van der Waals surface area contributed by atoms with Crippen molar-refractivity contribution in [2.24, 2.45) is 5.92 Å². The van der Waals surface area contributed by atoms with Crippen LogP contribution in [0.1, 0.15) is 61.9 Å². The highest BCUT2D eigenvalue weighted by Crippen LogP contribution is 2.38. The second-order valence-electron chi connectivity index (χ2n) is 5.64. The van der Waals surface area contributed by atoms with Gasteiger partial charge in [-0.05, 0) is 61.5 Å². The molecule has 0 aromatic carbocycles. The quantitative estimate of drug-likeness (QED) is 0.820. The highest BCUT2D eigenvalue weighted by atomic mass is 32.1. The zero-order chi connectivity index (χ0) is 11.7. The predicted molar refractivity (Wildman–Crippen MR) is 74.6 cm³/mol. The van der Waals surface area contributed by atoms with Crippen LogP contribution in [0.25, 0.3) is 0 Å². The summed E-state index contributed by atoms with van der Waals surface area (Å²) in [6.45, 7) is 2.31. The van der Waals surface area contributed by atoms with Gasteiger partial charge in [0.05, 0.1) is 0 Å². The summed E-state index contributed by atoms with van der Waals surface area (Å²) in [4.78, 5) is 1.64. The molecule has 0 radical (unpaired) electrons. The first-order valence-electron chi connectivity index (χ1n) is 7.20. The molecule has 3 rings (SSSR count). The number of fused-ring (bicyclic) bond motifs is 1. The molecule has 1 aromatic rings. The molecule has 2 unspecified atom stereocenters. The summed E-state index contributed by atoms with van der Waals surface area (Å²) in [7, 11) is 0. The topological polar surface area (TPSA) is 12.0 Å². The molecule has 94 valence electrons. The minimum absolute atomic E-state index is 0.655. The van der Waals surface area contributed by atoms with E-state index in [0.29, 0.717) is 6.04 Å². The Bertz CT molecular complexity index is 367. The summed E-state index contributed by atoms with van der Waals surface area (Å²) in [5, 5.41) is 6.24. The molecule has 1 heterocycles. The van der Waals surface area contributed by atoms with Gasteiger partial charge in [-0.3, -0.25) is 0 Å². The Morgan fingerprint density at radius 3 is 3.06 bits per heavy atom.